The molecule has 0 aliphatic rings. The standard InChI is InChI=1S/C28H27N3O5/c1-34-24-15-19(16-25(35-2)26(24)36-3)23-17-21(20-11-7-8-12-22(20)31-23)28(33)30-14-13-29-27(32)18-9-5-4-6-10-18/h4-12,15-17H,13-14H2,1-3H3,(H,29,32)(H,30,33). The highest BCUT2D eigenvalue weighted by molar-refractivity contribution is 6.07. The van der Waals surface area contributed by atoms with Gasteiger partial charge in [-0.05, 0) is 36.4 Å². The summed E-state index contributed by atoms with van der Waals surface area (Å²) in [5.74, 6) is 0.990. The van der Waals surface area contributed by atoms with Crippen molar-refractivity contribution in [3.63, 3.8) is 0 Å². The molecule has 4 rings (SSSR count). The molecule has 0 radical (unpaired) electrons. The van der Waals surface area contributed by atoms with Gasteiger partial charge in [0.2, 0.25) is 5.75 Å². The summed E-state index contributed by atoms with van der Waals surface area (Å²) in [6, 6.07) is 21.7. The van der Waals surface area contributed by atoms with Gasteiger partial charge < -0.3 is 24.8 Å². The van der Waals surface area contributed by atoms with Gasteiger partial charge in [-0.2, -0.15) is 0 Å². The van der Waals surface area contributed by atoms with Crippen LogP contribution in [0.3, 0.4) is 0 Å². The molecule has 0 aliphatic carbocycles. The van der Waals surface area contributed by atoms with E-state index in [2.05, 4.69) is 10.6 Å². The third kappa shape index (κ3) is 5.22. The van der Waals surface area contributed by atoms with Crippen molar-refractivity contribution in [3.05, 3.63) is 83.9 Å². The minimum absolute atomic E-state index is 0.191. The number of para-hydroxylation sites is 1. The zero-order valence-electron chi connectivity index (χ0n) is 20.3. The molecule has 1 aromatic heterocycles. The molecule has 0 unspecified atom stereocenters. The fourth-order valence-corrected chi connectivity index (χ4v) is 3.88. The van der Waals surface area contributed by atoms with Crippen LogP contribution in [0.4, 0.5) is 0 Å². The quantitative estimate of drug-likeness (QED) is 0.347. The molecule has 0 spiro atoms. The Balaban J connectivity index is 1.58. The van der Waals surface area contributed by atoms with E-state index in [-0.39, 0.29) is 18.4 Å². The summed E-state index contributed by atoms with van der Waals surface area (Å²) >= 11 is 0. The Morgan fingerprint density at radius 1 is 0.750 bits per heavy atom. The Morgan fingerprint density at radius 3 is 2.00 bits per heavy atom. The van der Waals surface area contributed by atoms with Gasteiger partial charge >= 0.3 is 0 Å². The predicted molar refractivity (Wildman–Crippen MR) is 138 cm³/mol. The molecule has 2 N–H and O–H groups in total. The van der Waals surface area contributed by atoms with Gasteiger partial charge in [0.25, 0.3) is 11.8 Å². The number of aromatic nitrogens is 1. The summed E-state index contributed by atoms with van der Waals surface area (Å²) < 4.78 is 16.4. The number of rotatable bonds is 9. The summed E-state index contributed by atoms with van der Waals surface area (Å²) in [6.07, 6.45) is 0. The fourth-order valence-electron chi connectivity index (χ4n) is 3.88. The van der Waals surface area contributed by atoms with E-state index in [0.717, 1.165) is 5.39 Å². The van der Waals surface area contributed by atoms with Crippen LogP contribution in [-0.2, 0) is 0 Å². The molecule has 2 amide bonds. The molecular formula is C28H27N3O5. The van der Waals surface area contributed by atoms with Crippen molar-refractivity contribution >= 4 is 22.7 Å². The summed E-state index contributed by atoms with van der Waals surface area (Å²) in [7, 11) is 4.63. The second kappa shape index (κ2) is 11.2. The van der Waals surface area contributed by atoms with Gasteiger partial charge in [0.15, 0.2) is 11.5 Å². The summed E-state index contributed by atoms with van der Waals surface area (Å²) in [6.45, 7) is 0.565. The van der Waals surface area contributed by atoms with Crippen molar-refractivity contribution in [1.82, 2.24) is 15.6 Å². The molecule has 0 fully saturated rings. The number of carbonyl (C=O) groups is 2. The van der Waals surface area contributed by atoms with Gasteiger partial charge in [-0.15, -0.1) is 0 Å². The number of hydrogen-bond acceptors (Lipinski definition) is 6. The molecule has 0 saturated heterocycles. The number of fused-ring (bicyclic) bond motifs is 1. The predicted octanol–water partition coefficient (Wildman–Crippen LogP) is 4.09. The lowest BCUT2D eigenvalue weighted by molar-refractivity contribution is 0.0928. The van der Waals surface area contributed by atoms with Crippen molar-refractivity contribution in [1.29, 1.82) is 0 Å². The molecule has 8 heteroatoms. The van der Waals surface area contributed by atoms with Crippen LogP contribution in [0.1, 0.15) is 20.7 Å². The molecule has 184 valence electrons. The van der Waals surface area contributed by atoms with Crippen molar-refractivity contribution in [2.45, 2.75) is 0 Å². The molecule has 36 heavy (non-hydrogen) atoms. The van der Waals surface area contributed by atoms with E-state index in [1.165, 1.54) is 0 Å². The number of benzene rings is 3. The normalized spacial score (nSPS) is 10.5. The lowest BCUT2D eigenvalue weighted by Crippen LogP contribution is -2.34. The number of nitrogens with zero attached hydrogens (tertiary/aromatic N) is 1. The van der Waals surface area contributed by atoms with E-state index >= 15 is 0 Å². The van der Waals surface area contributed by atoms with E-state index in [4.69, 9.17) is 19.2 Å². The van der Waals surface area contributed by atoms with E-state index in [1.54, 1.807) is 63.8 Å². The average molecular weight is 486 g/mol. The Kier molecular flexibility index (Phi) is 7.65. The molecule has 3 aromatic carbocycles. The molecule has 0 bridgehead atoms. The zero-order valence-corrected chi connectivity index (χ0v) is 20.3. The van der Waals surface area contributed by atoms with E-state index in [0.29, 0.717) is 51.7 Å². The maximum Gasteiger partial charge on any atom is 0.252 e. The second-order valence-corrected chi connectivity index (χ2v) is 7.86. The lowest BCUT2D eigenvalue weighted by atomic mass is 10.0. The smallest absolute Gasteiger partial charge is 0.252 e. The zero-order chi connectivity index (χ0) is 25.5. The summed E-state index contributed by atoms with van der Waals surface area (Å²) in [4.78, 5) is 30.2. The number of hydrogen-bond donors (Lipinski definition) is 2. The van der Waals surface area contributed by atoms with Crippen LogP contribution in [0.2, 0.25) is 0 Å². The van der Waals surface area contributed by atoms with Crippen molar-refractivity contribution in [2.24, 2.45) is 0 Å². The van der Waals surface area contributed by atoms with Crippen LogP contribution in [0.15, 0.2) is 72.8 Å². The minimum Gasteiger partial charge on any atom is -0.493 e. The van der Waals surface area contributed by atoms with Gasteiger partial charge in [-0.3, -0.25) is 9.59 Å². The van der Waals surface area contributed by atoms with Crippen molar-refractivity contribution in [3.8, 4) is 28.5 Å². The molecule has 4 aromatic rings. The molecular weight excluding hydrogens is 458 g/mol. The number of pyridine rings is 1. The number of methoxy groups -OCH3 is 3. The molecule has 0 saturated carbocycles. The molecule has 8 nitrogen and oxygen atoms in total. The summed E-state index contributed by atoms with van der Waals surface area (Å²) in [5.41, 5.74) is 3.00. The van der Waals surface area contributed by atoms with Gasteiger partial charge in [0.05, 0.1) is 38.1 Å². The molecule has 0 aliphatic heterocycles. The highest BCUT2D eigenvalue weighted by Gasteiger charge is 2.18. The average Bonchev–Trinajstić information content (AvgIpc) is 2.93. The van der Waals surface area contributed by atoms with Crippen LogP contribution in [0.25, 0.3) is 22.2 Å². The Labute approximate surface area is 209 Å². The fraction of sp³-hybridized carbons (Fsp3) is 0.179. The van der Waals surface area contributed by atoms with Crippen molar-refractivity contribution in [2.75, 3.05) is 34.4 Å². The van der Waals surface area contributed by atoms with Crippen LogP contribution in [0.5, 0.6) is 17.2 Å². The third-order valence-electron chi connectivity index (χ3n) is 5.65. The number of amides is 2. The minimum atomic E-state index is -0.267. The SMILES string of the molecule is COc1cc(-c2cc(C(=O)NCCNC(=O)c3ccccc3)c3ccccc3n2)cc(OC)c1OC. The Morgan fingerprint density at radius 2 is 1.36 bits per heavy atom. The van der Waals surface area contributed by atoms with E-state index < -0.39 is 0 Å². The van der Waals surface area contributed by atoms with Crippen molar-refractivity contribution < 1.29 is 23.8 Å². The first-order valence-corrected chi connectivity index (χ1v) is 11.4. The summed E-state index contributed by atoms with van der Waals surface area (Å²) in [5, 5.41) is 6.42. The maximum atomic E-state index is 13.2. The van der Waals surface area contributed by atoms with Gasteiger partial charge in [0, 0.05) is 29.6 Å². The van der Waals surface area contributed by atoms with Crippen LogP contribution in [-0.4, -0.2) is 51.2 Å². The Hall–Kier alpha value is -4.59. The maximum absolute atomic E-state index is 13.2. The monoisotopic (exact) mass is 485 g/mol. The Bertz CT molecular complexity index is 1360. The van der Waals surface area contributed by atoms with E-state index in [9.17, 15) is 9.59 Å². The number of ether oxygens (including phenoxy) is 3. The number of carbonyl (C=O) groups excluding carboxylic acids is 2. The first-order chi connectivity index (χ1) is 17.5. The topological polar surface area (TPSA) is 98.8 Å². The highest BCUT2D eigenvalue weighted by Crippen LogP contribution is 2.41. The third-order valence-corrected chi connectivity index (χ3v) is 5.65. The van der Waals surface area contributed by atoms with Crippen LogP contribution >= 0.6 is 0 Å². The van der Waals surface area contributed by atoms with Crippen LogP contribution < -0.4 is 24.8 Å². The highest BCUT2D eigenvalue weighted by atomic mass is 16.5. The van der Waals surface area contributed by atoms with Gasteiger partial charge in [-0.25, -0.2) is 4.98 Å². The largest absolute Gasteiger partial charge is 0.493 e. The second-order valence-electron chi connectivity index (χ2n) is 7.86. The van der Waals surface area contributed by atoms with Crippen LogP contribution in [0, 0.1) is 0 Å². The first-order valence-electron chi connectivity index (χ1n) is 11.4. The molecule has 1 heterocycles. The van der Waals surface area contributed by atoms with Gasteiger partial charge in [0.1, 0.15) is 0 Å². The number of nitrogens with one attached hydrogen (secondary N) is 2. The lowest BCUT2D eigenvalue weighted by Gasteiger charge is -2.15. The molecule has 0 atom stereocenters. The first kappa shape index (κ1) is 24.5. The van der Waals surface area contributed by atoms with Gasteiger partial charge in [-0.1, -0.05) is 36.4 Å². The van der Waals surface area contributed by atoms with E-state index in [1.807, 2.05) is 30.3 Å².